The summed E-state index contributed by atoms with van der Waals surface area (Å²) in [7, 11) is 0. The summed E-state index contributed by atoms with van der Waals surface area (Å²) in [5.41, 5.74) is 1.42. The van der Waals surface area contributed by atoms with Crippen LogP contribution >= 0.6 is 0 Å². The summed E-state index contributed by atoms with van der Waals surface area (Å²) in [5.74, 6) is 0.940. The lowest BCUT2D eigenvalue weighted by atomic mass is 9.81. The van der Waals surface area contributed by atoms with Crippen molar-refractivity contribution in [2.75, 3.05) is 11.4 Å². The molecule has 0 unspecified atom stereocenters. The van der Waals surface area contributed by atoms with Gasteiger partial charge in [-0.05, 0) is 30.9 Å². The van der Waals surface area contributed by atoms with Gasteiger partial charge in [-0.2, -0.15) is 0 Å². The minimum Gasteiger partial charge on any atom is -0.368 e. The van der Waals surface area contributed by atoms with Gasteiger partial charge < -0.3 is 4.90 Å². The summed E-state index contributed by atoms with van der Waals surface area (Å²) >= 11 is 0. The molecule has 94 valence electrons. The number of rotatable bonds is 6. The molecule has 1 aliphatic heterocycles. The van der Waals surface area contributed by atoms with Crippen molar-refractivity contribution in [2.24, 2.45) is 5.92 Å². The van der Waals surface area contributed by atoms with E-state index in [0.717, 1.165) is 12.0 Å². The summed E-state index contributed by atoms with van der Waals surface area (Å²) < 4.78 is 0. The highest BCUT2D eigenvalue weighted by Gasteiger charge is 2.37. The van der Waals surface area contributed by atoms with Crippen LogP contribution in [0.3, 0.4) is 0 Å². The first-order chi connectivity index (χ1) is 8.36. The molecule has 0 aromatic heterocycles. The van der Waals surface area contributed by atoms with Crippen LogP contribution in [0, 0.1) is 5.92 Å². The first-order valence-corrected chi connectivity index (χ1v) is 7.18. The molecular formula is C16H25N. The van der Waals surface area contributed by atoms with E-state index in [9.17, 15) is 0 Å². The van der Waals surface area contributed by atoms with E-state index >= 15 is 0 Å². The van der Waals surface area contributed by atoms with Crippen molar-refractivity contribution in [3.63, 3.8) is 0 Å². The maximum absolute atomic E-state index is 2.60. The number of nitrogens with zero attached hydrogens (tertiary/aromatic N) is 1. The van der Waals surface area contributed by atoms with Gasteiger partial charge in [0.25, 0.3) is 0 Å². The molecule has 2 atom stereocenters. The van der Waals surface area contributed by atoms with Crippen molar-refractivity contribution in [3.8, 4) is 0 Å². The Kier molecular flexibility index (Phi) is 4.47. The monoisotopic (exact) mass is 231 g/mol. The van der Waals surface area contributed by atoms with Gasteiger partial charge in [-0.1, -0.05) is 51.3 Å². The number of para-hydroxylation sites is 1. The molecule has 17 heavy (non-hydrogen) atoms. The van der Waals surface area contributed by atoms with Crippen molar-refractivity contribution in [2.45, 2.75) is 52.0 Å². The average Bonchev–Trinajstić information content (AvgIpc) is 2.36. The van der Waals surface area contributed by atoms with Gasteiger partial charge in [-0.3, -0.25) is 0 Å². The lowest BCUT2D eigenvalue weighted by Crippen LogP contribution is -2.56. The molecule has 0 bridgehead atoms. The molecule has 1 heteroatoms. The normalized spacial score (nSPS) is 23.5. The maximum atomic E-state index is 2.60. The van der Waals surface area contributed by atoms with Crippen LogP contribution in [0.1, 0.15) is 46.0 Å². The molecule has 0 amide bonds. The fraction of sp³-hybridized carbons (Fsp3) is 0.625. The Morgan fingerprint density at radius 2 is 1.82 bits per heavy atom. The molecule has 0 radical (unpaired) electrons. The Bertz CT molecular complexity index is 320. The van der Waals surface area contributed by atoms with Crippen molar-refractivity contribution in [1.29, 1.82) is 0 Å². The molecule has 1 aliphatic rings. The quantitative estimate of drug-likeness (QED) is 0.697. The summed E-state index contributed by atoms with van der Waals surface area (Å²) in [6, 6.07) is 11.7. The SMILES string of the molecule is CCCC[C@@H]1CN(c2ccccc2)[C@H]1CCC. The predicted octanol–water partition coefficient (Wildman–Crippen LogP) is 4.48. The van der Waals surface area contributed by atoms with Crippen molar-refractivity contribution in [1.82, 2.24) is 0 Å². The summed E-state index contributed by atoms with van der Waals surface area (Å²) in [4.78, 5) is 2.60. The molecular weight excluding hydrogens is 206 g/mol. The van der Waals surface area contributed by atoms with Gasteiger partial charge >= 0.3 is 0 Å². The minimum atomic E-state index is 0.800. The number of hydrogen-bond donors (Lipinski definition) is 0. The van der Waals surface area contributed by atoms with Crippen molar-refractivity contribution in [3.05, 3.63) is 30.3 Å². The number of hydrogen-bond acceptors (Lipinski definition) is 1. The Labute approximate surface area is 106 Å². The Balaban J connectivity index is 1.96. The van der Waals surface area contributed by atoms with E-state index in [2.05, 4.69) is 49.1 Å². The smallest absolute Gasteiger partial charge is 0.0368 e. The van der Waals surface area contributed by atoms with Crippen LogP contribution in [0.15, 0.2) is 30.3 Å². The standard InChI is InChI=1S/C16H25N/c1-3-5-10-14-13-17(16(14)9-4-2)15-11-7-6-8-12-15/h6-8,11-12,14,16H,3-5,9-10,13H2,1-2H3/t14-,16+/m1/s1. The van der Waals surface area contributed by atoms with Crippen molar-refractivity contribution >= 4 is 5.69 Å². The topological polar surface area (TPSA) is 3.24 Å². The third-order valence-corrected chi connectivity index (χ3v) is 3.98. The highest BCUT2D eigenvalue weighted by Crippen LogP contribution is 2.36. The third-order valence-electron chi connectivity index (χ3n) is 3.98. The average molecular weight is 231 g/mol. The highest BCUT2D eigenvalue weighted by atomic mass is 15.2. The third kappa shape index (κ3) is 2.83. The van der Waals surface area contributed by atoms with Gasteiger partial charge in [0.2, 0.25) is 0 Å². The molecule has 1 aromatic rings. The first kappa shape index (κ1) is 12.5. The first-order valence-electron chi connectivity index (χ1n) is 7.18. The molecule has 1 aromatic carbocycles. The van der Waals surface area contributed by atoms with Crippen LogP contribution in [-0.4, -0.2) is 12.6 Å². The summed E-state index contributed by atoms with van der Waals surface area (Å²) in [6.07, 6.45) is 6.80. The molecule has 0 spiro atoms. The Hall–Kier alpha value is -0.980. The van der Waals surface area contributed by atoms with E-state index < -0.39 is 0 Å². The van der Waals surface area contributed by atoms with Crippen LogP contribution in [0.4, 0.5) is 5.69 Å². The van der Waals surface area contributed by atoms with Gasteiger partial charge in [0.15, 0.2) is 0 Å². The molecule has 0 aliphatic carbocycles. The molecule has 1 saturated heterocycles. The van der Waals surface area contributed by atoms with Gasteiger partial charge in [0, 0.05) is 18.3 Å². The van der Waals surface area contributed by atoms with Crippen LogP contribution in [0.25, 0.3) is 0 Å². The number of benzene rings is 1. The summed E-state index contributed by atoms with van der Waals surface area (Å²) in [6.45, 7) is 5.87. The van der Waals surface area contributed by atoms with Gasteiger partial charge in [-0.15, -0.1) is 0 Å². The molecule has 1 nitrogen and oxygen atoms in total. The van der Waals surface area contributed by atoms with Gasteiger partial charge in [-0.25, -0.2) is 0 Å². The highest BCUT2D eigenvalue weighted by molar-refractivity contribution is 5.50. The van der Waals surface area contributed by atoms with Crippen LogP contribution in [-0.2, 0) is 0 Å². The van der Waals surface area contributed by atoms with Gasteiger partial charge in [0.05, 0.1) is 0 Å². The van der Waals surface area contributed by atoms with Crippen LogP contribution in [0.2, 0.25) is 0 Å². The second-order valence-electron chi connectivity index (χ2n) is 5.25. The van der Waals surface area contributed by atoms with Gasteiger partial charge in [0.1, 0.15) is 0 Å². The molecule has 0 N–H and O–H groups in total. The zero-order chi connectivity index (χ0) is 12.1. The van der Waals surface area contributed by atoms with Crippen molar-refractivity contribution < 1.29 is 0 Å². The fourth-order valence-corrected chi connectivity index (χ4v) is 2.98. The number of anilines is 1. The van der Waals surface area contributed by atoms with Crippen LogP contribution in [0.5, 0.6) is 0 Å². The lowest BCUT2D eigenvalue weighted by Gasteiger charge is -2.50. The van der Waals surface area contributed by atoms with E-state index in [1.165, 1.54) is 44.3 Å². The molecule has 1 heterocycles. The molecule has 2 rings (SSSR count). The zero-order valence-electron chi connectivity index (χ0n) is 11.2. The molecule has 1 fully saturated rings. The summed E-state index contributed by atoms with van der Waals surface area (Å²) in [5, 5.41) is 0. The van der Waals surface area contributed by atoms with E-state index in [1.54, 1.807) is 0 Å². The Morgan fingerprint density at radius 1 is 1.06 bits per heavy atom. The fourth-order valence-electron chi connectivity index (χ4n) is 2.98. The van der Waals surface area contributed by atoms with Crippen LogP contribution < -0.4 is 4.90 Å². The zero-order valence-corrected chi connectivity index (χ0v) is 11.2. The maximum Gasteiger partial charge on any atom is 0.0368 e. The molecule has 0 saturated carbocycles. The predicted molar refractivity (Wildman–Crippen MR) is 75.5 cm³/mol. The minimum absolute atomic E-state index is 0.800. The Morgan fingerprint density at radius 3 is 2.47 bits per heavy atom. The van der Waals surface area contributed by atoms with E-state index in [-0.39, 0.29) is 0 Å². The largest absolute Gasteiger partial charge is 0.368 e. The number of unbranched alkanes of at least 4 members (excludes halogenated alkanes) is 1. The second-order valence-corrected chi connectivity index (χ2v) is 5.25. The van der Waals surface area contributed by atoms with E-state index in [4.69, 9.17) is 0 Å². The van der Waals surface area contributed by atoms with E-state index in [0.29, 0.717) is 0 Å². The van der Waals surface area contributed by atoms with E-state index in [1.807, 2.05) is 0 Å². The second kappa shape index (κ2) is 6.09. The lowest BCUT2D eigenvalue weighted by molar-refractivity contribution is 0.255.